The highest BCUT2D eigenvalue weighted by Gasteiger charge is 2.19. The maximum atomic E-state index is 12.4. The predicted octanol–water partition coefficient (Wildman–Crippen LogP) is 4.56. The molecule has 0 aliphatic rings. The molecule has 0 bridgehead atoms. The number of rotatable bonds is 3. The van der Waals surface area contributed by atoms with Crippen molar-refractivity contribution in [2.45, 2.75) is 11.8 Å². The second-order valence-corrected chi connectivity index (χ2v) is 8.14. The summed E-state index contributed by atoms with van der Waals surface area (Å²) in [4.78, 5) is 0.0975. The molecule has 0 saturated carbocycles. The molecule has 2 aromatic rings. The standard InChI is InChI=1S/C13H11Br2ClN2O2S/c1-7-4-9(14)12(6-11(7)16)18-21(19,20)13-3-2-8(17)5-10(13)15/h2-6,18H,17H2,1H3. The van der Waals surface area contributed by atoms with Gasteiger partial charge in [-0.25, -0.2) is 8.42 Å². The zero-order chi connectivity index (χ0) is 15.8. The van der Waals surface area contributed by atoms with Gasteiger partial charge in [0.2, 0.25) is 0 Å². The Hall–Kier alpha value is -0.760. The van der Waals surface area contributed by atoms with Crippen molar-refractivity contribution in [1.29, 1.82) is 0 Å². The summed E-state index contributed by atoms with van der Waals surface area (Å²) < 4.78 is 28.4. The number of sulfonamides is 1. The van der Waals surface area contributed by atoms with Gasteiger partial charge >= 0.3 is 0 Å². The van der Waals surface area contributed by atoms with Gasteiger partial charge in [0, 0.05) is 19.7 Å². The average molecular weight is 455 g/mol. The molecule has 0 aliphatic heterocycles. The first-order chi connectivity index (χ1) is 9.70. The number of nitrogen functional groups attached to an aromatic ring is 1. The lowest BCUT2D eigenvalue weighted by Crippen LogP contribution is -2.14. The van der Waals surface area contributed by atoms with E-state index in [0.29, 0.717) is 25.3 Å². The number of anilines is 2. The molecule has 0 spiro atoms. The van der Waals surface area contributed by atoms with Gasteiger partial charge in [-0.05, 0) is 74.7 Å². The minimum atomic E-state index is -3.75. The minimum Gasteiger partial charge on any atom is -0.399 e. The van der Waals surface area contributed by atoms with Crippen molar-refractivity contribution >= 4 is 64.9 Å². The first-order valence-corrected chi connectivity index (χ1v) is 9.19. The highest BCUT2D eigenvalue weighted by molar-refractivity contribution is 9.11. The Morgan fingerprint density at radius 2 is 1.81 bits per heavy atom. The van der Waals surface area contributed by atoms with Crippen LogP contribution in [-0.2, 0) is 10.0 Å². The fourth-order valence-electron chi connectivity index (χ4n) is 1.66. The Balaban J connectivity index is 2.45. The smallest absolute Gasteiger partial charge is 0.263 e. The Bertz CT molecular complexity index is 810. The maximum Gasteiger partial charge on any atom is 0.263 e. The summed E-state index contributed by atoms with van der Waals surface area (Å²) in [7, 11) is -3.75. The Kier molecular flexibility index (Phi) is 4.87. The van der Waals surface area contributed by atoms with Crippen molar-refractivity contribution < 1.29 is 8.42 Å². The van der Waals surface area contributed by atoms with Gasteiger partial charge in [-0.2, -0.15) is 0 Å². The van der Waals surface area contributed by atoms with Gasteiger partial charge < -0.3 is 5.73 Å². The van der Waals surface area contributed by atoms with Gasteiger partial charge in [0.05, 0.1) is 5.69 Å². The normalized spacial score (nSPS) is 11.4. The van der Waals surface area contributed by atoms with E-state index in [1.807, 2.05) is 6.92 Å². The molecule has 2 aromatic carbocycles. The highest BCUT2D eigenvalue weighted by Crippen LogP contribution is 2.32. The summed E-state index contributed by atoms with van der Waals surface area (Å²) in [5.41, 5.74) is 7.30. The SMILES string of the molecule is Cc1cc(Br)c(NS(=O)(=O)c2ccc(N)cc2Br)cc1Cl. The summed E-state index contributed by atoms with van der Waals surface area (Å²) >= 11 is 12.6. The average Bonchev–Trinajstić information content (AvgIpc) is 2.35. The molecule has 0 aliphatic carbocycles. The molecule has 112 valence electrons. The molecule has 0 unspecified atom stereocenters. The van der Waals surface area contributed by atoms with Crippen molar-refractivity contribution in [3.05, 3.63) is 49.9 Å². The summed E-state index contributed by atoms with van der Waals surface area (Å²) in [6.45, 7) is 1.84. The van der Waals surface area contributed by atoms with Gasteiger partial charge in [-0.1, -0.05) is 11.6 Å². The lowest BCUT2D eigenvalue weighted by molar-refractivity contribution is 0.601. The summed E-state index contributed by atoms with van der Waals surface area (Å²) in [5.74, 6) is 0. The fourth-order valence-corrected chi connectivity index (χ4v) is 4.68. The van der Waals surface area contributed by atoms with Crippen LogP contribution in [0.2, 0.25) is 5.02 Å². The van der Waals surface area contributed by atoms with Crippen molar-refractivity contribution in [2.75, 3.05) is 10.5 Å². The molecule has 3 N–H and O–H groups in total. The molecular weight excluding hydrogens is 443 g/mol. The van der Waals surface area contributed by atoms with Crippen LogP contribution in [0.15, 0.2) is 44.2 Å². The molecule has 21 heavy (non-hydrogen) atoms. The van der Waals surface area contributed by atoms with E-state index in [2.05, 4.69) is 36.6 Å². The van der Waals surface area contributed by atoms with E-state index in [0.717, 1.165) is 5.56 Å². The molecule has 0 saturated heterocycles. The summed E-state index contributed by atoms with van der Waals surface area (Å²) in [5, 5.41) is 0.479. The number of halogens is 3. The van der Waals surface area contributed by atoms with E-state index in [-0.39, 0.29) is 4.90 Å². The van der Waals surface area contributed by atoms with E-state index in [1.54, 1.807) is 12.1 Å². The number of benzene rings is 2. The molecule has 2 rings (SSSR count). The van der Waals surface area contributed by atoms with Crippen LogP contribution < -0.4 is 10.5 Å². The number of hydrogen-bond donors (Lipinski definition) is 2. The van der Waals surface area contributed by atoms with Gasteiger partial charge in [0.25, 0.3) is 10.0 Å². The number of aryl methyl sites for hydroxylation is 1. The number of hydrogen-bond acceptors (Lipinski definition) is 3. The van der Waals surface area contributed by atoms with Crippen LogP contribution in [0.1, 0.15) is 5.56 Å². The largest absolute Gasteiger partial charge is 0.399 e. The lowest BCUT2D eigenvalue weighted by Gasteiger charge is -2.12. The second-order valence-electron chi connectivity index (χ2n) is 4.38. The summed E-state index contributed by atoms with van der Waals surface area (Å²) in [6.07, 6.45) is 0. The molecule has 8 heteroatoms. The first kappa shape index (κ1) is 16.6. The second kappa shape index (κ2) is 6.16. The highest BCUT2D eigenvalue weighted by atomic mass is 79.9. The fraction of sp³-hybridized carbons (Fsp3) is 0.0769. The molecule has 0 radical (unpaired) electrons. The Labute approximate surface area is 145 Å². The van der Waals surface area contributed by atoms with Crippen LogP contribution >= 0.6 is 43.5 Å². The molecule has 0 amide bonds. The minimum absolute atomic E-state index is 0.0975. The van der Waals surface area contributed by atoms with E-state index < -0.39 is 10.0 Å². The molecule has 0 heterocycles. The number of nitrogens with two attached hydrogens (primary N) is 1. The molecule has 0 aromatic heterocycles. The first-order valence-electron chi connectivity index (χ1n) is 5.74. The van der Waals surface area contributed by atoms with E-state index in [9.17, 15) is 8.42 Å². The van der Waals surface area contributed by atoms with Gasteiger partial charge in [0.15, 0.2) is 0 Å². The predicted molar refractivity (Wildman–Crippen MR) is 93.3 cm³/mol. The summed E-state index contributed by atoms with van der Waals surface area (Å²) in [6, 6.07) is 7.80. The van der Waals surface area contributed by atoms with Crippen molar-refractivity contribution in [1.82, 2.24) is 0 Å². The lowest BCUT2D eigenvalue weighted by atomic mass is 10.2. The molecule has 4 nitrogen and oxygen atoms in total. The third-order valence-electron chi connectivity index (χ3n) is 2.74. The van der Waals surface area contributed by atoms with Crippen LogP contribution in [0.3, 0.4) is 0 Å². The van der Waals surface area contributed by atoms with E-state index in [1.165, 1.54) is 18.2 Å². The van der Waals surface area contributed by atoms with E-state index >= 15 is 0 Å². The third kappa shape index (κ3) is 3.71. The van der Waals surface area contributed by atoms with Crippen molar-refractivity contribution in [3.8, 4) is 0 Å². The van der Waals surface area contributed by atoms with Crippen LogP contribution in [0.4, 0.5) is 11.4 Å². The van der Waals surface area contributed by atoms with Gasteiger partial charge in [0.1, 0.15) is 4.90 Å². The zero-order valence-corrected chi connectivity index (χ0v) is 15.6. The molecule has 0 fully saturated rings. The monoisotopic (exact) mass is 452 g/mol. The Morgan fingerprint density at radius 1 is 1.14 bits per heavy atom. The van der Waals surface area contributed by atoms with Crippen LogP contribution in [-0.4, -0.2) is 8.42 Å². The van der Waals surface area contributed by atoms with E-state index in [4.69, 9.17) is 17.3 Å². The van der Waals surface area contributed by atoms with Crippen molar-refractivity contribution in [3.63, 3.8) is 0 Å². The maximum absolute atomic E-state index is 12.4. The molecular formula is C13H11Br2ClN2O2S. The zero-order valence-electron chi connectivity index (χ0n) is 10.8. The van der Waals surface area contributed by atoms with Crippen molar-refractivity contribution in [2.24, 2.45) is 0 Å². The third-order valence-corrected chi connectivity index (χ3v) is 6.14. The van der Waals surface area contributed by atoms with Crippen LogP contribution in [0, 0.1) is 6.92 Å². The quantitative estimate of drug-likeness (QED) is 0.668. The van der Waals surface area contributed by atoms with Crippen LogP contribution in [0.5, 0.6) is 0 Å². The number of nitrogens with one attached hydrogen (secondary N) is 1. The van der Waals surface area contributed by atoms with Gasteiger partial charge in [-0.15, -0.1) is 0 Å². The van der Waals surface area contributed by atoms with Crippen LogP contribution in [0.25, 0.3) is 0 Å². The molecule has 0 atom stereocenters. The van der Waals surface area contributed by atoms with Gasteiger partial charge in [-0.3, -0.25) is 4.72 Å². The Morgan fingerprint density at radius 3 is 2.43 bits per heavy atom. The topological polar surface area (TPSA) is 72.2 Å².